The fourth-order valence-electron chi connectivity index (χ4n) is 4.08. The second kappa shape index (κ2) is 6.88. The Kier molecular flexibility index (Phi) is 4.19. The van der Waals surface area contributed by atoms with Crippen LogP contribution in [-0.2, 0) is 6.54 Å². The zero-order chi connectivity index (χ0) is 20.0. The van der Waals surface area contributed by atoms with Gasteiger partial charge in [-0.3, -0.25) is 14.7 Å². The molecule has 0 saturated carbocycles. The number of aromatic nitrogens is 4. The molecular weight excluding hydrogens is 368 g/mol. The summed E-state index contributed by atoms with van der Waals surface area (Å²) in [5, 5.41) is 14.6. The lowest BCUT2D eigenvalue weighted by atomic mass is 10.1. The smallest absolute Gasteiger partial charge is 0.262 e. The summed E-state index contributed by atoms with van der Waals surface area (Å²) in [5.74, 6) is 1.53. The standard InChI is InChI=1S/C21H22N6O2/c1-2-14-6-8-25(11-14)20-4-3-15(9-23-20)27-12-16-17(24-27)13-26(21(16)29)18-5-7-22-10-19(18)28/h3-5,7,9-10,12,14,28H,2,6,8,11,13H2,1H3. The molecular formula is C21H22N6O2. The Balaban J connectivity index is 1.35. The van der Waals surface area contributed by atoms with Gasteiger partial charge < -0.3 is 10.0 Å². The van der Waals surface area contributed by atoms with E-state index >= 15 is 0 Å². The molecule has 1 atom stereocenters. The number of anilines is 2. The summed E-state index contributed by atoms with van der Waals surface area (Å²) in [4.78, 5) is 25.1. The van der Waals surface area contributed by atoms with E-state index in [4.69, 9.17) is 0 Å². The van der Waals surface area contributed by atoms with Gasteiger partial charge in [0.25, 0.3) is 5.91 Å². The predicted octanol–water partition coefficient (Wildman–Crippen LogP) is 2.76. The van der Waals surface area contributed by atoms with Crippen molar-refractivity contribution in [3.05, 3.63) is 54.2 Å². The third-order valence-corrected chi connectivity index (χ3v) is 5.83. The number of hydrogen-bond donors (Lipinski definition) is 1. The Bertz CT molecular complexity index is 1060. The van der Waals surface area contributed by atoms with Crippen LogP contribution in [0.2, 0.25) is 0 Å². The Morgan fingerprint density at radius 2 is 2.14 bits per heavy atom. The summed E-state index contributed by atoms with van der Waals surface area (Å²) in [6.45, 7) is 4.66. The number of hydrogen-bond acceptors (Lipinski definition) is 6. The maximum Gasteiger partial charge on any atom is 0.262 e. The van der Waals surface area contributed by atoms with Gasteiger partial charge in [0, 0.05) is 25.5 Å². The van der Waals surface area contributed by atoms with Crippen molar-refractivity contribution in [3.8, 4) is 11.4 Å². The molecule has 1 N–H and O–H groups in total. The van der Waals surface area contributed by atoms with Crippen molar-refractivity contribution >= 4 is 17.4 Å². The average Bonchev–Trinajstić information content (AvgIpc) is 3.45. The zero-order valence-corrected chi connectivity index (χ0v) is 16.2. The summed E-state index contributed by atoms with van der Waals surface area (Å²) >= 11 is 0. The second-order valence-corrected chi connectivity index (χ2v) is 7.57. The van der Waals surface area contributed by atoms with Crippen molar-refractivity contribution in [2.24, 2.45) is 5.92 Å². The van der Waals surface area contributed by atoms with Gasteiger partial charge in [0.05, 0.1) is 41.6 Å². The Morgan fingerprint density at radius 1 is 1.24 bits per heavy atom. The lowest BCUT2D eigenvalue weighted by Crippen LogP contribution is -2.24. The third-order valence-electron chi connectivity index (χ3n) is 5.83. The van der Waals surface area contributed by atoms with Crippen LogP contribution in [0, 0.1) is 5.92 Å². The molecule has 5 rings (SSSR count). The van der Waals surface area contributed by atoms with Crippen LogP contribution < -0.4 is 9.80 Å². The van der Waals surface area contributed by atoms with Crippen LogP contribution in [0.4, 0.5) is 11.5 Å². The first-order valence-electron chi connectivity index (χ1n) is 9.88. The molecule has 3 aromatic rings. The van der Waals surface area contributed by atoms with Crippen LogP contribution in [0.15, 0.2) is 43.0 Å². The highest BCUT2D eigenvalue weighted by atomic mass is 16.3. The van der Waals surface area contributed by atoms with Crippen molar-refractivity contribution in [1.29, 1.82) is 0 Å². The molecule has 1 fully saturated rings. The van der Waals surface area contributed by atoms with Gasteiger partial charge >= 0.3 is 0 Å². The van der Waals surface area contributed by atoms with Crippen molar-refractivity contribution < 1.29 is 9.90 Å². The largest absolute Gasteiger partial charge is 0.504 e. The first-order valence-corrected chi connectivity index (χ1v) is 9.88. The third kappa shape index (κ3) is 3.00. The van der Waals surface area contributed by atoms with Crippen molar-refractivity contribution in [2.45, 2.75) is 26.3 Å². The van der Waals surface area contributed by atoms with Gasteiger partial charge in [-0.05, 0) is 30.5 Å². The minimum atomic E-state index is -0.181. The number of carbonyl (C=O) groups excluding carboxylic acids is 1. The van der Waals surface area contributed by atoms with Gasteiger partial charge in [0.2, 0.25) is 0 Å². The second-order valence-electron chi connectivity index (χ2n) is 7.57. The molecule has 148 valence electrons. The van der Waals surface area contributed by atoms with Crippen molar-refractivity contribution in [2.75, 3.05) is 22.9 Å². The lowest BCUT2D eigenvalue weighted by molar-refractivity contribution is 0.0995. The van der Waals surface area contributed by atoms with Gasteiger partial charge in [-0.2, -0.15) is 5.10 Å². The minimum Gasteiger partial charge on any atom is -0.504 e. The Labute approximate surface area is 168 Å². The van der Waals surface area contributed by atoms with Gasteiger partial charge in [0.1, 0.15) is 5.82 Å². The quantitative estimate of drug-likeness (QED) is 0.737. The predicted molar refractivity (Wildman–Crippen MR) is 108 cm³/mol. The molecule has 8 nitrogen and oxygen atoms in total. The Morgan fingerprint density at radius 3 is 2.83 bits per heavy atom. The van der Waals surface area contributed by atoms with Gasteiger partial charge in [-0.1, -0.05) is 13.3 Å². The monoisotopic (exact) mass is 390 g/mol. The van der Waals surface area contributed by atoms with E-state index in [0.29, 0.717) is 23.5 Å². The lowest BCUT2D eigenvalue weighted by Gasteiger charge is -2.18. The molecule has 3 aromatic heterocycles. The highest BCUT2D eigenvalue weighted by Gasteiger charge is 2.33. The van der Waals surface area contributed by atoms with Crippen molar-refractivity contribution in [1.82, 2.24) is 19.7 Å². The summed E-state index contributed by atoms with van der Waals surface area (Å²) < 4.78 is 1.70. The number of amides is 1. The van der Waals surface area contributed by atoms with Crippen LogP contribution in [0.3, 0.4) is 0 Å². The molecule has 1 saturated heterocycles. The van der Waals surface area contributed by atoms with E-state index < -0.39 is 0 Å². The van der Waals surface area contributed by atoms with Crippen LogP contribution in [0.1, 0.15) is 35.8 Å². The van der Waals surface area contributed by atoms with E-state index in [1.54, 1.807) is 29.3 Å². The number of fused-ring (bicyclic) bond motifs is 1. The molecule has 0 spiro atoms. The highest BCUT2D eigenvalue weighted by Crippen LogP contribution is 2.33. The zero-order valence-electron chi connectivity index (χ0n) is 16.2. The molecule has 0 aromatic carbocycles. The fraction of sp³-hybridized carbons (Fsp3) is 0.333. The molecule has 2 aliphatic heterocycles. The highest BCUT2D eigenvalue weighted by molar-refractivity contribution is 6.10. The van der Waals surface area contributed by atoms with E-state index in [2.05, 4.69) is 26.9 Å². The van der Waals surface area contributed by atoms with E-state index in [1.807, 2.05) is 12.1 Å². The number of nitrogens with zero attached hydrogens (tertiary/aromatic N) is 6. The molecule has 0 radical (unpaired) electrons. The first kappa shape index (κ1) is 17.7. The van der Waals surface area contributed by atoms with E-state index in [0.717, 1.165) is 30.5 Å². The molecule has 29 heavy (non-hydrogen) atoms. The minimum absolute atomic E-state index is 0.0223. The van der Waals surface area contributed by atoms with Gasteiger partial charge in [-0.15, -0.1) is 0 Å². The first-order chi connectivity index (χ1) is 14.1. The summed E-state index contributed by atoms with van der Waals surface area (Å²) in [6, 6.07) is 5.63. The summed E-state index contributed by atoms with van der Waals surface area (Å²) in [5.41, 5.74) is 2.48. The van der Waals surface area contributed by atoms with Crippen molar-refractivity contribution in [3.63, 3.8) is 0 Å². The number of carbonyl (C=O) groups is 1. The van der Waals surface area contributed by atoms with Gasteiger partial charge in [0.15, 0.2) is 5.75 Å². The van der Waals surface area contributed by atoms with Crippen LogP contribution in [0.25, 0.3) is 5.69 Å². The fourth-order valence-corrected chi connectivity index (χ4v) is 4.08. The maximum absolute atomic E-state index is 12.8. The summed E-state index contributed by atoms with van der Waals surface area (Å²) in [7, 11) is 0. The van der Waals surface area contributed by atoms with Crippen LogP contribution in [-0.4, -0.2) is 43.9 Å². The molecule has 2 aliphatic rings. The number of rotatable bonds is 4. The molecule has 8 heteroatoms. The summed E-state index contributed by atoms with van der Waals surface area (Å²) in [6.07, 6.45) is 8.83. The van der Waals surface area contributed by atoms with Crippen LogP contribution in [0.5, 0.6) is 5.75 Å². The number of aromatic hydroxyl groups is 1. The molecule has 1 amide bonds. The van der Waals surface area contributed by atoms with E-state index in [9.17, 15) is 9.90 Å². The molecule has 0 aliphatic carbocycles. The normalized spacial score (nSPS) is 18.5. The molecule has 1 unspecified atom stereocenters. The topological polar surface area (TPSA) is 87.4 Å². The molecule has 0 bridgehead atoms. The van der Waals surface area contributed by atoms with E-state index in [1.165, 1.54) is 23.9 Å². The average molecular weight is 390 g/mol. The van der Waals surface area contributed by atoms with E-state index in [-0.39, 0.29) is 11.7 Å². The Hall–Kier alpha value is -3.42. The maximum atomic E-state index is 12.8. The molecule has 5 heterocycles. The van der Waals surface area contributed by atoms with Crippen LogP contribution >= 0.6 is 0 Å². The van der Waals surface area contributed by atoms with Gasteiger partial charge in [-0.25, -0.2) is 9.67 Å². The number of pyridine rings is 2. The SMILES string of the molecule is CCC1CCN(c2ccc(-n3cc4c(n3)CN(c3ccncc3O)C4=O)cn2)C1.